The van der Waals surface area contributed by atoms with E-state index < -0.39 is 0 Å². The highest BCUT2D eigenvalue weighted by Crippen LogP contribution is 2.18. The van der Waals surface area contributed by atoms with E-state index in [0.29, 0.717) is 0 Å². The molecule has 0 aliphatic heterocycles. The molecule has 0 atom stereocenters. The Hall–Kier alpha value is -2.32. The Bertz CT molecular complexity index is 661. The highest BCUT2D eigenvalue weighted by atomic mass is 16.5. The van der Waals surface area contributed by atoms with Crippen LogP contribution < -0.4 is 10.5 Å². The quantitative estimate of drug-likeness (QED) is 0.817. The van der Waals surface area contributed by atoms with Crippen LogP contribution in [0.3, 0.4) is 0 Å². The van der Waals surface area contributed by atoms with Crippen LogP contribution in [0.15, 0.2) is 60.7 Å². The summed E-state index contributed by atoms with van der Waals surface area (Å²) in [7, 11) is 1.68. The Labute approximate surface area is 132 Å². The van der Waals surface area contributed by atoms with Crippen molar-refractivity contribution < 1.29 is 4.74 Å². The smallest absolute Gasteiger partial charge is 0.119 e. The molecule has 0 unspecified atom stereocenters. The second-order valence-corrected chi connectivity index (χ2v) is 5.84. The van der Waals surface area contributed by atoms with Gasteiger partial charge < -0.3 is 10.5 Å². The molecule has 2 rings (SSSR count). The van der Waals surface area contributed by atoms with E-state index in [4.69, 9.17) is 10.5 Å². The molecule has 0 aliphatic carbocycles. The molecule has 2 aromatic rings. The fourth-order valence-electron chi connectivity index (χ4n) is 2.10. The normalized spacial score (nSPS) is 12.2. The van der Waals surface area contributed by atoms with Crippen molar-refractivity contribution in [2.24, 2.45) is 5.73 Å². The van der Waals surface area contributed by atoms with Gasteiger partial charge in [0.05, 0.1) is 7.11 Å². The fourth-order valence-corrected chi connectivity index (χ4v) is 2.10. The van der Waals surface area contributed by atoms with Crippen LogP contribution in [0.2, 0.25) is 0 Å². The van der Waals surface area contributed by atoms with Crippen molar-refractivity contribution in [1.82, 2.24) is 0 Å². The number of allylic oxidation sites excluding steroid dienone is 2. The molecule has 114 valence electrons. The van der Waals surface area contributed by atoms with Gasteiger partial charge in [-0.1, -0.05) is 60.7 Å². The number of methoxy groups -OCH3 is 1. The third-order valence-electron chi connectivity index (χ3n) is 3.44. The molecule has 0 saturated heterocycles. The summed E-state index contributed by atoms with van der Waals surface area (Å²) in [4.78, 5) is 0. The maximum atomic E-state index is 6.08. The summed E-state index contributed by atoms with van der Waals surface area (Å²) >= 11 is 0. The van der Waals surface area contributed by atoms with Crippen LogP contribution in [-0.2, 0) is 5.54 Å². The largest absolute Gasteiger partial charge is 0.497 e. The van der Waals surface area contributed by atoms with E-state index in [-0.39, 0.29) is 5.54 Å². The Kier molecular flexibility index (Phi) is 5.18. The molecule has 0 amide bonds. The molecular weight excluding hydrogens is 270 g/mol. The average Bonchev–Trinajstić information content (AvgIpc) is 2.51. The van der Waals surface area contributed by atoms with Crippen molar-refractivity contribution in [2.75, 3.05) is 7.11 Å². The van der Waals surface area contributed by atoms with Crippen LogP contribution >= 0.6 is 0 Å². The van der Waals surface area contributed by atoms with Crippen LogP contribution in [-0.4, -0.2) is 7.11 Å². The molecule has 2 heteroatoms. The molecule has 0 spiro atoms. The zero-order chi connectivity index (χ0) is 16.0. The van der Waals surface area contributed by atoms with E-state index in [9.17, 15) is 0 Å². The van der Waals surface area contributed by atoms with E-state index in [0.717, 1.165) is 22.4 Å². The summed E-state index contributed by atoms with van der Waals surface area (Å²) < 4.78 is 5.21. The SMILES string of the molecule is COc1cccc(/C=C/C=C/c2ccc(C(C)(C)N)cc2)c1. The molecule has 2 nitrogen and oxygen atoms in total. The van der Waals surface area contributed by atoms with Gasteiger partial charge in [0.2, 0.25) is 0 Å². The maximum absolute atomic E-state index is 6.08. The summed E-state index contributed by atoms with van der Waals surface area (Å²) in [5, 5.41) is 0. The van der Waals surface area contributed by atoms with E-state index >= 15 is 0 Å². The molecule has 0 radical (unpaired) electrons. The molecule has 0 bridgehead atoms. The Balaban J connectivity index is 2.01. The minimum atomic E-state index is -0.297. The molecule has 2 N–H and O–H groups in total. The van der Waals surface area contributed by atoms with Crippen molar-refractivity contribution >= 4 is 12.2 Å². The van der Waals surface area contributed by atoms with Gasteiger partial charge in [0.15, 0.2) is 0 Å². The second-order valence-electron chi connectivity index (χ2n) is 5.84. The Morgan fingerprint density at radius 3 is 2.14 bits per heavy atom. The second kappa shape index (κ2) is 7.10. The van der Waals surface area contributed by atoms with Gasteiger partial charge in [-0.3, -0.25) is 0 Å². The standard InChI is InChI=1S/C20H23NO/c1-20(2,21)18-13-11-16(12-14-18)7-4-5-8-17-9-6-10-19(15-17)22-3/h4-15H,21H2,1-3H3/b7-4+,8-5+. The Morgan fingerprint density at radius 1 is 0.909 bits per heavy atom. The zero-order valence-corrected chi connectivity index (χ0v) is 13.4. The van der Waals surface area contributed by atoms with Gasteiger partial charge >= 0.3 is 0 Å². The number of ether oxygens (including phenoxy) is 1. The lowest BCUT2D eigenvalue weighted by molar-refractivity contribution is 0.414. The van der Waals surface area contributed by atoms with E-state index in [1.54, 1.807) is 7.11 Å². The molecule has 0 fully saturated rings. The fraction of sp³-hybridized carbons (Fsp3) is 0.200. The van der Waals surface area contributed by atoms with E-state index in [1.165, 1.54) is 0 Å². The molecule has 22 heavy (non-hydrogen) atoms. The predicted octanol–water partition coefficient (Wildman–Crippen LogP) is 4.62. The third-order valence-corrected chi connectivity index (χ3v) is 3.44. The van der Waals surface area contributed by atoms with Crippen LogP contribution in [0, 0.1) is 0 Å². The minimum Gasteiger partial charge on any atom is -0.497 e. The first kappa shape index (κ1) is 16.1. The summed E-state index contributed by atoms with van der Waals surface area (Å²) in [5.74, 6) is 0.867. The highest BCUT2D eigenvalue weighted by molar-refractivity contribution is 5.58. The van der Waals surface area contributed by atoms with Crippen molar-refractivity contribution in [2.45, 2.75) is 19.4 Å². The zero-order valence-electron chi connectivity index (χ0n) is 13.4. The molecular formula is C20H23NO. The maximum Gasteiger partial charge on any atom is 0.119 e. The van der Waals surface area contributed by atoms with Gasteiger partial charge in [0.25, 0.3) is 0 Å². The third kappa shape index (κ3) is 4.61. The first-order valence-electron chi connectivity index (χ1n) is 7.37. The summed E-state index contributed by atoms with van der Waals surface area (Å²) in [6.07, 6.45) is 8.18. The van der Waals surface area contributed by atoms with Crippen LogP contribution in [0.5, 0.6) is 5.75 Å². The first-order chi connectivity index (χ1) is 10.5. The van der Waals surface area contributed by atoms with Crippen LogP contribution in [0.25, 0.3) is 12.2 Å². The molecule has 0 saturated carbocycles. The summed E-state index contributed by atoms with van der Waals surface area (Å²) in [5.41, 5.74) is 9.19. The summed E-state index contributed by atoms with van der Waals surface area (Å²) in [6, 6.07) is 16.3. The van der Waals surface area contributed by atoms with E-state index in [2.05, 4.69) is 36.4 Å². The summed E-state index contributed by atoms with van der Waals surface area (Å²) in [6.45, 7) is 4.02. The first-order valence-corrected chi connectivity index (χ1v) is 7.37. The molecule has 0 aromatic heterocycles. The van der Waals surface area contributed by atoms with Gasteiger partial charge in [0.1, 0.15) is 5.75 Å². The predicted molar refractivity (Wildman–Crippen MR) is 94.7 cm³/mol. The Morgan fingerprint density at radius 2 is 1.55 bits per heavy atom. The lowest BCUT2D eigenvalue weighted by Gasteiger charge is -2.18. The topological polar surface area (TPSA) is 35.2 Å². The van der Waals surface area contributed by atoms with Gasteiger partial charge in [-0.25, -0.2) is 0 Å². The van der Waals surface area contributed by atoms with Gasteiger partial charge in [0, 0.05) is 5.54 Å². The average molecular weight is 293 g/mol. The lowest BCUT2D eigenvalue weighted by atomic mass is 9.95. The van der Waals surface area contributed by atoms with Crippen molar-refractivity contribution in [1.29, 1.82) is 0 Å². The van der Waals surface area contributed by atoms with Gasteiger partial charge in [-0.05, 0) is 42.7 Å². The van der Waals surface area contributed by atoms with E-state index in [1.807, 2.05) is 50.3 Å². The van der Waals surface area contributed by atoms with Gasteiger partial charge in [-0.2, -0.15) is 0 Å². The number of rotatable bonds is 5. The minimum absolute atomic E-state index is 0.297. The lowest BCUT2D eigenvalue weighted by Crippen LogP contribution is -2.28. The molecule has 0 aliphatic rings. The number of hydrogen-bond donors (Lipinski definition) is 1. The van der Waals surface area contributed by atoms with Crippen molar-refractivity contribution in [3.05, 3.63) is 77.4 Å². The van der Waals surface area contributed by atoms with Crippen molar-refractivity contribution in [3.63, 3.8) is 0 Å². The molecule has 2 aromatic carbocycles. The van der Waals surface area contributed by atoms with Crippen molar-refractivity contribution in [3.8, 4) is 5.75 Å². The highest BCUT2D eigenvalue weighted by Gasteiger charge is 2.12. The molecule has 0 heterocycles. The van der Waals surface area contributed by atoms with Crippen LogP contribution in [0.4, 0.5) is 0 Å². The number of hydrogen-bond acceptors (Lipinski definition) is 2. The number of nitrogens with two attached hydrogens (primary N) is 1. The van der Waals surface area contributed by atoms with Gasteiger partial charge in [-0.15, -0.1) is 0 Å². The number of benzene rings is 2. The van der Waals surface area contributed by atoms with Crippen LogP contribution in [0.1, 0.15) is 30.5 Å². The monoisotopic (exact) mass is 293 g/mol.